The molecule has 0 bridgehead atoms. The number of amides is 1. The molecule has 0 aromatic heterocycles. The summed E-state index contributed by atoms with van der Waals surface area (Å²) in [6.07, 6.45) is 9.13. The molecule has 4 heteroatoms. The number of nitrogens with one attached hydrogen (secondary N) is 1. The van der Waals surface area contributed by atoms with Crippen LogP contribution >= 0.6 is 12.4 Å². The molecular weight excluding hydrogens is 248 g/mol. The van der Waals surface area contributed by atoms with Gasteiger partial charge in [0.2, 0.25) is 5.91 Å². The normalized spacial score (nSPS) is 35.9. The minimum absolute atomic E-state index is 0. The van der Waals surface area contributed by atoms with Crippen molar-refractivity contribution in [1.29, 1.82) is 0 Å². The van der Waals surface area contributed by atoms with Gasteiger partial charge in [-0.05, 0) is 38.0 Å². The molecule has 2 aliphatic carbocycles. The standard InChI is InChI=1S/C14H26N2O.ClH/c1-2-10-5-3-4-6-13(10)16-14(17)11-7-8-12(15)9-11;/h10-13H,2-9,15H2,1H3,(H,16,17);1H. The number of hydrogen-bond acceptors (Lipinski definition) is 2. The van der Waals surface area contributed by atoms with E-state index in [0.717, 1.165) is 19.3 Å². The van der Waals surface area contributed by atoms with Crippen molar-refractivity contribution in [2.45, 2.75) is 70.4 Å². The summed E-state index contributed by atoms with van der Waals surface area (Å²) < 4.78 is 0. The first-order valence-electron chi connectivity index (χ1n) is 7.26. The monoisotopic (exact) mass is 274 g/mol. The zero-order valence-corrected chi connectivity index (χ0v) is 12.2. The Bertz CT molecular complexity index is 273. The van der Waals surface area contributed by atoms with Gasteiger partial charge in [-0.3, -0.25) is 4.79 Å². The van der Waals surface area contributed by atoms with Gasteiger partial charge in [0, 0.05) is 18.0 Å². The maximum absolute atomic E-state index is 12.2. The molecule has 0 aliphatic heterocycles. The minimum Gasteiger partial charge on any atom is -0.353 e. The Labute approximate surface area is 117 Å². The predicted octanol–water partition coefficient (Wildman–Crippen LogP) is 2.62. The van der Waals surface area contributed by atoms with E-state index in [9.17, 15) is 4.79 Å². The van der Waals surface area contributed by atoms with Crippen LogP contribution < -0.4 is 11.1 Å². The Balaban J connectivity index is 0.00000162. The van der Waals surface area contributed by atoms with Crippen LogP contribution in [-0.4, -0.2) is 18.0 Å². The molecule has 3 nitrogen and oxygen atoms in total. The van der Waals surface area contributed by atoms with Gasteiger partial charge in [0.05, 0.1) is 0 Å². The van der Waals surface area contributed by atoms with E-state index in [0.29, 0.717) is 12.0 Å². The molecule has 2 aliphatic rings. The maximum atomic E-state index is 12.2. The van der Waals surface area contributed by atoms with Crippen LogP contribution in [0.2, 0.25) is 0 Å². The van der Waals surface area contributed by atoms with E-state index in [-0.39, 0.29) is 30.3 Å². The molecule has 106 valence electrons. The average Bonchev–Trinajstić information content (AvgIpc) is 2.77. The lowest BCUT2D eigenvalue weighted by molar-refractivity contribution is -0.126. The van der Waals surface area contributed by atoms with E-state index >= 15 is 0 Å². The van der Waals surface area contributed by atoms with Crippen molar-refractivity contribution in [3.05, 3.63) is 0 Å². The summed E-state index contributed by atoms with van der Waals surface area (Å²) in [5, 5.41) is 3.29. The minimum atomic E-state index is 0. The van der Waals surface area contributed by atoms with Gasteiger partial charge in [0.15, 0.2) is 0 Å². The van der Waals surface area contributed by atoms with Crippen molar-refractivity contribution in [2.75, 3.05) is 0 Å². The highest BCUT2D eigenvalue weighted by atomic mass is 35.5. The lowest BCUT2D eigenvalue weighted by Gasteiger charge is -2.32. The van der Waals surface area contributed by atoms with Gasteiger partial charge in [-0.1, -0.05) is 26.2 Å². The third-order valence-corrected chi connectivity index (χ3v) is 4.61. The first-order chi connectivity index (χ1) is 8.20. The number of rotatable bonds is 3. The molecule has 4 atom stereocenters. The first-order valence-corrected chi connectivity index (χ1v) is 7.26. The third kappa shape index (κ3) is 3.86. The van der Waals surface area contributed by atoms with E-state index in [2.05, 4.69) is 12.2 Å². The molecule has 2 rings (SSSR count). The Morgan fingerprint density at radius 1 is 1.22 bits per heavy atom. The van der Waals surface area contributed by atoms with Crippen molar-refractivity contribution in [1.82, 2.24) is 5.32 Å². The number of halogens is 1. The molecule has 2 fully saturated rings. The number of nitrogens with two attached hydrogens (primary N) is 1. The predicted molar refractivity (Wildman–Crippen MR) is 76.7 cm³/mol. The van der Waals surface area contributed by atoms with E-state index in [4.69, 9.17) is 5.73 Å². The van der Waals surface area contributed by atoms with Crippen LogP contribution in [0.3, 0.4) is 0 Å². The average molecular weight is 275 g/mol. The highest BCUT2D eigenvalue weighted by Crippen LogP contribution is 2.29. The van der Waals surface area contributed by atoms with E-state index in [1.807, 2.05) is 0 Å². The summed E-state index contributed by atoms with van der Waals surface area (Å²) in [5.74, 6) is 1.15. The second-order valence-corrected chi connectivity index (χ2v) is 5.84. The molecule has 0 heterocycles. The van der Waals surface area contributed by atoms with Crippen molar-refractivity contribution >= 4 is 18.3 Å². The summed E-state index contributed by atoms with van der Waals surface area (Å²) in [5.41, 5.74) is 5.87. The smallest absolute Gasteiger partial charge is 0.223 e. The molecule has 0 spiro atoms. The quantitative estimate of drug-likeness (QED) is 0.831. The molecule has 2 saturated carbocycles. The van der Waals surface area contributed by atoms with E-state index in [1.165, 1.54) is 32.1 Å². The van der Waals surface area contributed by atoms with Gasteiger partial charge < -0.3 is 11.1 Å². The molecule has 0 aromatic rings. The molecule has 0 radical (unpaired) electrons. The SMILES string of the molecule is CCC1CCCCC1NC(=O)C1CCC(N)C1.Cl. The summed E-state index contributed by atoms with van der Waals surface area (Å²) in [4.78, 5) is 12.2. The lowest BCUT2D eigenvalue weighted by Crippen LogP contribution is -2.44. The molecule has 3 N–H and O–H groups in total. The van der Waals surface area contributed by atoms with Gasteiger partial charge in [0.25, 0.3) is 0 Å². The fourth-order valence-corrected chi connectivity index (χ4v) is 3.44. The fourth-order valence-electron chi connectivity index (χ4n) is 3.44. The van der Waals surface area contributed by atoms with Gasteiger partial charge in [-0.25, -0.2) is 0 Å². The van der Waals surface area contributed by atoms with Crippen LogP contribution in [0.4, 0.5) is 0 Å². The van der Waals surface area contributed by atoms with Gasteiger partial charge in [-0.2, -0.15) is 0 Å². The largest absolute Gasteiger partial charge is 0.353 e. The zero-order chi connectivity index (χ0) is 12.3. The summed E-state index contributed by atoms with van der Waals surface area (Å²) in [6.45, 7) is 2.24. The Hall–Kier alpha value is -0.280. The zero-order valence-electron chi connectivity index (χ0n) is 11.4. The summed E-state index contributed by atoms with van der Waals surface area (Å²) >= 11 is 0. The van der Waals surface area contributed by atoms with Crippen LogP contribution in [-0.2, 0) is 4.79 Å². The fraction of sp³-hybridized carbons (Fsp3) is 0.929. The van der Waals surface area contributed by atoms with Crippen molar-refractivity contribution in [2.24, 2.45) is 17.6 Å². The molecule has 18 heavy (non-hydrogen) atoms. The van der Waals surface area contributed by atoms with E-state index < -0.39 is 0 Å². The van der Waals surface area contributed by atoms with E-state index in [1.54, 1.807) is 0 Å². The Kier molecular flexibility index (Phi) is 6.44. The van der Waals surface area contributed by atoms with Crippen LogP contribution in [0.25, 0.3) is 0 Å². The van der Waals surface area contributed by atoms with Crippen LogP contribution in [0.1, 0.15) is 58.3 Å². The first kappa shape index (κ1) is 15.8. The summed E-state index contributed by atoms with van der Waals surface area (Å²) in [7, 11) is 0. The lowest BCUT2D eigenvalue weighted by atomic mass is 9.82. The molecular formula is C14H27ClN2O. The number of carbonyl (C=O) groups is 1. The molecule has 4 unspecified atom stereocenters. The van der Waals surface area contributed by atoms with Crippen molar-refractivity contribution in [3.63, 3.8) is 0 Å². The van der Waals surface area contributed by atoms with Gasteiger partial charge in [0.1, 0.15) is 0 Å². The second-order valence-electron chi connectivity index (χ2n) is 5.84. The van der Waals surface area contributed by atoms with Crippen molar-refractivity contribution < 1.29 is 4.79 Å². The Morgan fingerprint density at radius 3 is 2.56 bits per heavy atom. The Morgan fingerprint density at radius 2 is 1.94 bits per heavy atom. The molecule has 1 amide bonds. The van der Waals surface area contributed by atoms with Crippen LogP contribution in [0, 0.1) is 11.8 Å². The maximum Gasteiger partial charge on any atom is 0.223 e. The van der Waals surface area contributed by atoms with Crippen molar-refractivity contribution in [3.8, 4) is 0 Å². The molecule has 0 aromatic carbocycles. The second kappa shape index (κ2) is 7.34. The third-order valence-electron chi connectivity index (χ3n) is 4.61. The van der Waals surface area contributed by atoms with Crippen LogP contribution in [0.5, 0.6) is 0 Å². The number of hydrogen-bond donors (Lipinski definition) is 2. The summed E-state index contributed by atoms with van der Waals surface area (Å²) in [6, 6.07) is 0.678. The topological polar surface area (TPSA) is 55.1 Å². The van der Waals surface area contributed by atoms with Gasteiger partial charge >= 0.3 is 0 Å². The highest BCUT2D eigenvalue weighted by Gasteiger charge is 2.31. The highest BCUT2D eigenvalue weighted by molar-refractivity contribution is 5.85. The number of carbonyl (C=O) groups excluding carboxylic acids is 1. The molecule has 0 saturated heterocycles. The van der Waals surface area contributed by atoms with Crippen LogP contribution in [0.15, 0.2) is 0 Å². The van der Waals surface area contributed by atoms with Gasteiger partial charge in [-0.15, -0.1) is 12.4 Å².